The molecule has 3 N–H and O–H groups in total. The van der Waals surface area contributed by atoms with Crippen molar-refractivity contribution in [1.29, 1.82) is 0 Å². The Hall–Kier alpha value is -1.27. The first kappa shape index (κ1) is 14.1. The number of hydrogen-bond donors (Lipinski definition) is 2. The number of rotatable bonds is 2. The van der Waals surface area contributed by atoms with E-state index in [4.69, 9.17) is 18.0 Å². The molecule has 6 heteroatoms. The van der Waals surface area contributed by atoms with Crippen molar-refractivity contribution in [2.75, 3.05) is 18.0 Å². The van der Waals surface area contributed by atoms with E-state index < -0.39 is 17.7 Å². The third-order valence-corrected chi connectivity index (χ3v) is 3.77. The van der Waals surface area contributed by atoms with Gasteiger partial charge in [-0.3, -0.25) is 0 Å². The predicted molar refractivity (Wildman–Crippen MR) is 74.2 cm³/mol. The highest BCUT2D eigenvalue weighted by Crippen LogP contribution is 2.29. The molecule has 19 heavy (non-hydrogen) atoms. The summed E-state index contributed by atoms with van der Waals surface area (Å²) >= 11 is 4.71. The first-order valence-electron chi connectivity index (χ1n) is 6.12. The minimum absolute atomic E-state index is 0.0448. The molecule has 1 fully saturated rings. The Labute approximate surface area is 116 Å². The third-order valence-electron chi connectivity index (χ3n) is 3.54. The molecule has 2 unspecified atom stereocenters. The summed E-state index contributed by atoms with van der Waals surface area (Å²) in [5.41, 5.74) is 5.41. The van der Waals surface area contributed by atoms with Crippen LogP contribution in [0.3, 0.4) is 0 Å². The van der Waals surface area contributed by atoms with Gasteiger partial charge in [0.05, 0.1) is 6.10 Å². The molecule has 0 saturated carbocycles. The minimum atomic E-state index is -0.704. The van der Waals surface area contributed by atoms with E-state index in [0.29, 0.717) is 13.0 Å². The highest BCUT2D eigenvalue weighted by Gasteiger charge is 2.28. The second-order valence-corrected chi connectivity index (χ2v) is 5.37. The first-order chi connectivity index (χ1) is 8.90. The predicted octanol–water partition coefficient (Wildman–Crippen LogP) is 1.81. The Morgan fingerprint density at radius 1 is 1.42 bits per heavy atom. The zero-order valence-electron chi connectivity index (χ0n) is 10.6. The summed E-state index contributed by atoms with van der Waals surface area (Å²) in [6, 6.07) is 2.26. The van der Waals surface area contributed by atoms with Crippen LogP contribution in [0.5, 0.6) is 0 Å². The van der Waals surface area contributed by atoms with Gasteiger partial charge in [0.1, 0.15) is 22.3 Å². The molecule has 1 aromatic carbocycles. The van der Waals surface area contributed by atoms with E-state index >= 15 is 0 Å². The van der Waals surface area contributed by atoms with Gasteiger partial charge in [0.2, 0.25) is 0 Å². The van der Waals surface area contributed by atoms with Crippen LogP contribution in [0.25, 0.3) is 0 Å². The van der Waals surface area contributed by atoms with E-state index in [1.54, 1.807) is 0 Å². The maximum absolute atomic E-state index is 14.0. The van der Waals surface area contributed by atoms with Crippen LogP contribution < -0.4 is 10.6 Å². The van der Waals surface area contributed by atoms with Crippen LogP contribution in [0.2, 0.25) is 0 Å². The van der Waals surface area contributed by atoms with Crippen molar-refractivity contribution in [3.8, 4) is 0 Å². The van der Waals surface area contributed by atoms with Crippen molar-refractivity contribution in [1.82, 2.24) is 0 Å². The molecule has 0 amide bonds. The number of aliphatic hydroxyl groups is 1. The standard InChI is InChI=1S/C13H16F2N2OS/c1-7-2-3-17(6-11(7)18)12-9(14)4-8(13(16)19)5-10(12)15/h4-5,7,11,18H,2-3,6H2,1H3,(H2,16,19). The van der Waals surface area contributed by atoms with Gasteiger partial charge in [-0.15, -0.1) is 0 Å². The lowest BCUT2D eigenvalue weighted by Crippen LogP contribution is -2.43. The van der Waals surface area contributed by atoms with Gasteiger partial charge in [0, 0.05) is 18.7 Å². The average molecular weight is 286 g/mol. The van der Waals surface area contributed by atoms with Crippen LogP contribution >= 0.6 is 12.2 Å². The van der Waals surface area contributed by atoms with Gasteiger partial charge < -0.3 is 15.7 Å². The van der Waals surface area contributed by atoms with Crippen LogP contribution in [0.1, 0.15) is 18.9 Å². The second kappa shape index (κ2) is 5.38. The Morgan fingerprint density at radius 3 is 2.47 bits per heavy atom. The second-order valence-electron chi connectivity index (χ2n) is 4.93. The number of piperidine rings is 1. The van der Waals surface area contributed by atoms with Gasteiger partial charge in [0.15, 0.2) is 0 Å². The van der Waals surface area contributed by atoms with E-state index in [0.717, 1.165) is 12.1 Å². The molecule has 2 atom stereocenters. The van der Waals surface area contributed by atoms with Gasteiger partial charge >= 0.3 is 0 Å². The molecule has 1 heterocycles. The lowest BCUT2D eigenvalue weighted by Gasteiger charge is -2.36. The first-order valence-corrected chi connectivity index (χ1v) is 6.53. The zero-order valence-corrected chi connectivity index (χ0v) is 11.4. The number of thiocarbonyl (C=S) groups is 1. The largest absolute Gasteiger partial charge is 0.391 e. The number of halogens is 2. The number of nitrogens with zero attached hydrogens (tertiary/aromatic N) is 1. The summed E-state index contributed by atoms with van der Waals surface area (Å²) in [6.07, 6.45) is 0.111. The average Bonchev–Trinajstić information content (AvgIpc) is 2.32. The maximum atomic E-state index is 14.0. The highest BCUT2D eigenvalue weighted by atomic mass is 32.1. The number of anilines is 1. The van der Waals surface area contributed by atoms with Crippen molar-refractivity contribution in [2.24, 2.45) is 11.7 Å². The van der Waals surface area contributed by atoms with E-state index in [1.807, 2.05) is 6.92 Å². The quantitative estimate of drug-likeness (QED) is 0.814. The van der Waals surface area contributed by atoms with E-state index in [1.165, 1.54) is 4.90 Å². The fourth-order valence-corrected chi connectivity index (χ4v) is 2.38. The van der Waals surface area contributed by atoms with Crippen molar-refractivity contribution >= 4 is 22.9 Å². The number of β-amino-alcohol motifs (C(OH)–C–C–N with tert-alkyl or cyclic N) is 1. The molecule has 1 saturated heterocycles. The number of nitrogens with two attached hydrogens (primary N) is 1. The van der Waals surface area contributed by atoms with Crippen molar-refractivity contribution in [3.05, 3.63) is 29.3 Å². The molecule has 0 aromatic heterocycles. The Kier molecular flexibility index (Phi) is 4.01. The van der Waals surface area contributed by atoms with E-state index in [2.05, 4.69) is 0 Å². The van der Waals surface area contributed by atoms with Crippen molar-refractivity contribution < 1.29 is 13.9 Å². The topological polar surface area (TPSA) is 49.5 Å². The molecule has 0 radical (unpaired) electrons. The number of hydrogen-bond acceptors (Lipinski definition) is 3. The third kappa shape index (κ3) is 2.84. The SMILES string of the molecule is CC1CCN(c2c(F)cc(C(N)=S)cc2F)CC1O. The summed E-state index contributed by atoms with van der Waals surface area (Å²) in [5.74, 6) is -1.27. The van der Waals surface area contributed by atoms with Gasteiger partial charge in [-0.25, -0.2) is 8.78 Å². The van der Waals surface area contributed by atoms with Crippen LogP contribution in [0, 0.1) is 17.6 Å². The maximum Gasteiger partial charge on any atom is 0.150 e. The smallest absolute Gasteiger partial charge is 0.150 e. The molecule has 0 spiro atoms. The van der Waals surface area contributed by atoms with Crippen molar-refractivity contribution in [2.45, 2.75) is 19.4 Å². The van der Waals surface area contributed by atoms with Crippen LogP contribution in [-0.4, -0.2) is 29.3 Å². The molecule has 1 aliphatic heterocycles. The van der Waals surface area contributed by atoms with Gasteiger partial charge in [-0.2, -0.15) is 0 Å². The summed E-state index contributed by atoms with van der Waals surface area (Å²) in [7, 11) is 0. The molecule has 104 valence electrons. The van der Waals surface area contributed by atoms with Crippen LogP contribution in [0.15, 0.2) is 12.1 Å². The summed E-state index contributed by atoms with van der Waals surface area (Å²) in [5, 5.41) is 9.81. The molecular formula is C13H16F2N2OS. The van der Waals surface area contributed by atoms with Crippen molar-refractivity contribution in [3.63, 3.8) is 0 Å². The lowest BCUT2D eigenvalue weighted by atomic mass is 9.95. The Balaban J connectivity index is 2.33. The number of aliphatic hydroxyl groups excluding tert-OH is 1. The Bertz CT molecular complexity index is 486. The molecule has 0 bridgehead atoms. The molecule has 2 rings (SSSR count). The van der Waals surface area contributed by atoms with Gasteiger partial charge in [-0.1, -0.05) is 19.1 Å². The summed E-state index contributed by atoms with van der Waals surface area (Å²) < 4.78 is 28.0. The summed E-state index contributed by atoms with van der Waals surface area (Å²) in [4.78, 5) is 1.48. The minimum Gasteiger partial charge on any atom is -0.391 e. The normalized spacial score (nSPS) is 23.5. The zero-order chi connectivity index (χ0) is 14.2. The van der Waals surface area contributed by atoms with Crippen LogP contribution in [0.4, 0.5) is 14.5 Å². The number of benzene rings is 1. The molecular weight excluding hydrogens is 270 g/mol. The van der Waals surface area contributed by atoms with Gasteiger partial charge in [-0.05, 0) is 24.5 Å². The molecule has 1 aromatic rings. The Morgan fingerprint density at radius 2 is 2.00 bits per heavy atom. The van der Waals surface area contributed by atoms with E-state index in [9.17, 15) is 13.9 Å². The molecule has 0 aliphatic carbocycles. The highest BCUT2D eigenvalue weighted by molar-refractivity contribution is 7.80. The molecule has 3 nitrogen and oxygen atoms in total. The monoisotopic (exact) mass is 286 g/mol. The van der Waals surface area contributed by atoms with Gasteiger partial charge in [0.25, 0.3) is 0 Å². The fourth-order valence-electron chi connectivity index (χ4n) is 2.26. The summed E-state index contributed by atoms with van der Waals surface area (Å²) in [6.45, 7) is 2.66. The van der Waals surface area contributed by atoms with E-state index in [-0.39, 0.29) is 28.7 Å². The van der Waals surface area contributed by atoms with Crippen LogP contribution in [-0.2, 0) is 0 Å². The lowest BCUT2D eigenvalue weighted by molar-refractivity contribution is 0.102. The fraction of sp³-hybridized carbons (Fsp3) is 0.462. The molecule has 1 aliphatic rings.